The van der Waals surface area contributed by atoms with E-state index in [0.717, 1.165) is 22.6 Å². The Bertz CT molecular complexity index is 758. The third kappa shape index (κ3) is 5.36. The fraction of sp³-hybridized carbons (Fsp3) is 0.391. The first-order valence-electron chi connectivity index (χ1n) is 9.48. The zero-order valence-electron chi connectivity index (χ0n) is 17.1. The topological polar surface area (TPSA) is 55.4 Å². The van der Waals surface area contributed by atoms with Gasteiger partial charge in [0.15, 0.2) is 6.29 Å². The van der Waals surface area contributed by atoms with E-state index in [9.17, 15) is 0 Å². The number of benzene rings is 2. The van der Waals surface area contributed by atoms with Crippen molar-refractivity contribution in [3.8, 4) is 11.5 Å². The van der Waals surface area contributed by atoms with E-state index >= 15 is 0 Å². The van der Waals surface area contributed by atoms with Crippen LogP contribution in [-0.2, 0) is 32.2 Å². The van der Waals surface area contributed by atoms with E-state index in [2.05, 4.69) is 6.58 Å². The highest BCUT2D eigenvalue weighted by Gasteiger charge is 2.45. The van der Waals surface area contributed by atoms with Crippen molar-refractivity contribution in [3.05, 3.63) is 72.3 Å². The van der Waals surface area contributed by atoms with Crippen LogP contribution in [0.3, 0.4) is 0 Å². The third-order valence-electron chi connectivity index (χ3n) is 4.87. The van der Waals surface area contributed by atoms with Crippen LogP contribution >= 0.6 is 0 Å². The lowest BCUT2D eigenvalue weighted by atomic mass is 10.1. The number of hydrogen-bond donors (Lipinski definition) is 0. The molecule has 0 spiro atoms. The van der Waals surface area contributed by atoms with Crippen molar-refractivity contribution in [3.63, 3.8) is 0 Å². The molecule has 1 aliphatic rings. The van der Waals surface area contributed by atoms with E-state index in [-0.39, 0.29) is 18.3 Å². The molecule has 0 aliphatic carbocycles. The predicted octanol–water partition coefficient (Wildman–Crippen LogP) is 3.73. The van der Waals surface area contributed by atoms with E-state index in [1.165, 1.54) is 0 Å². The molecule has 0 radical (unpaired) electrons. The summed E-state index contributed by atoms with van der Waals surface area (Å²) in [4.78, 5) is 0. The Labute approximate surface area is 171 Å². The van der Waals surface area contributed by atoms with Gasteiger partial charge in [-0.15, -0.1) is 6.58 Å². The quantitative estimate of drug-likeness (QED) is 0.567. The van der Waals surface area contributed by atoms with Crippen molar-refractivity contribution >= 4 is 0 Å². The van der Waals surface area contributed by atoms with Crippen molar-refractivity contribution in [2.24, 2.45) is 0 Å². The summed E-state index contributed by atoms with van der Waals surface area (Å²) in [5.74, 6) is 1.61. The molecule has 1 fully saturated rings. The summed E-state index contributed by atoms with van der Waals surface area (Å²) in [6.45, 7) is 4.69. The lowest BCUT2D eigenvalue weighted by Gasteiger charge is -2.24. The molecule has 0 aromatic heterocycles. The van der Waals surface area contributed by atoms with Crippen molar-refractivity contribution < 1.29 is 28.4 Å². The number of methoxy groups -OCH3 is 3. The van der Waals surface area contributed by atoms with Gasteiger partial charge in [-0.25, -0.2) is 0 Å². The lowest BCUT2D eigenvalue weighted by Crippen LogP contribution is -2.37. The van der Waals surface area contributed by atoms with Crippen LogP contribution in [0, 0.1) is 0 Å². The molecule has 29 heavy (non-hydrogen) atoms. The van der Waals surface area contributed by atoms with Crippen LogP contribution in [0.25, 0.3) is 0 Å². The first kappa shape index (κ1) is 21.3. The van der Waals surface area contributed by atoms with Crippen LogP contribution in [0.4, 0.5) is 0 Å². The van der Waals surface area contributed by atoms with E-state index < -0.39 is 6.29 Å². The first-order valence-corrected chi connectivity index (χ1v) is 9.48. The third-order valence-corrected chi connectivity index (χ3v) is 4.87. The molecule has 2 aromatic carbocycles. The number of ether oxygens (including phenoxy) is 6. The van der Waals surface area contributed by atoms with Gasteiger partial charge in [0.2, 0.25) is 0 Å². The molecule has 6 nitrogen and oxygen atoms in total. The zero-order valence-corrected chi connectivity index (χ0v) is 17.1. The van der Waals surface area contributed by atoms with Gasteiger partial charge in [0.05, 0.1) is 27.4 Å². The first-order chi connectivity index (χ1) is 14.2. The molecule has 1 aliphatic heterocycles. The van der Waals surface area contributed by atoms with Crippen molar-refractivity contribution in [2.45, 2.75) is 37.8 Å². The molecule has 0 N–H and O–H groups in total. The molecule has 156 valence electrons. The van der Waals surface area contributed by atoms with Crippen LogP contribution in [0.1, 0.15) is 11.1 Å². The normalized spacial score (nSPS) is 23.7. The molecule has 0 unspecified atom stereocenters. The second kappa shape index (κ2) is 10.4. The van der Waals surface area contributed by atoms with Crippen LogP contribution < -0.4 is 9.47 Å². The Kier molecular flexibility index (Phi) is 7.66. The van der Waals surface area contributed by atoms with Crippen molar-refractivity contribution in [2.75, 3.05) is 21.3 Å². The molecule has 1 saturated heterocycles. The minimum absolute atomic E-state index is 0.320. The van der Waals surface area contributed by atoms with E-state index in [0.29, 0.717) is 13.2 Å². The van der Waals surface area contributed by atoms with Gasteiger partial charge in [-0.1, -0.05) is 30.3 Å². The standard InChI is InChI=1S/C23H28O6/c1-5-20-21(27-14-16-6-10-18(24-2)11-7-16)22(23(26-4)29-20)28-15-17-8-12-19(25-3)13-9-17/h5-13,20-23H,1,14-15H2,2-4H3/t20-,21-,22-,23-/m1/s1. The van der Waals surface area contributed by atoms with Gasteiger partial charge in [0.25, 0.3) is 0 Å². The maximum Gasteiger partial charge on any atom is 0.186 e. The van der Waals surface area contributed by atoms with Gasteiger partial charge < -0.3 is 28.4 Å². The fourth-order valence-corrected chi connectivity index (χ4v) is 3.22. The summed E-state index contributed by atoms with van der Waals surface area (Å²) in [6, 6.07) is 15.5. The molecule has 2 aromatic rings. The summed E-state index contributed by atoms with van der Waals surface area (Å²) in [6.07, 6.45) is 0.152. The second-order valence-electron chi connectivity index (χ2n) is 6.69. The number of hydrogen-bond acceptors (Lipinski definition) is 6. The Balaban J connectivity index is 1.65. The molecule has 1 heterocycles. The van der Waals surface area contributed by atoms with Gasteiger partial charge in [-0.05, 0) is 35.4 Å². The van der Waals surface area contributed by atoms with Crippen molar-refractivity contribution in [1.29, 1.82) is 0 Å². The van der Waals surface area contributed by atoms with Gasteiger partial charge in [0, 0.05) is 7.11 Å². The molecule has 3 rings (SSSR count). The average molecular weight is 400 g/mol. The van der Waals surface area contributed by atoms with Gasteiger partial charge in [-0.2, -0.15) is 0 Å². The molecule has 6 heteroatoms. The Morgan fingerprint density at radius 2 is 1.28 bits per heavy atom. The maximum absolute atomic E-state index is 6.17. The highest BCUT2D eigenvalue weighted by atomic mass is 16.7. The largest absolute Gasteiger partial charge is 0.497 e. The van der Waals surface area contributed by atoms with Crippen LogP contribution in [-0.4, -0.2) is 45.9 Å². The summed E-state index contributed by atoms with van der Waals surface area (Å²) < 4.78 is 34.1. The summed E-state index contributed by atoms with van der Waals surface area (Å²) in [5, 5.41) is 0. The van der Waals surface area contributed by atoms with Gasteiger partial charge in [-0.3, -0.25) is 0 Å². The highest BCUT2D eigenvalue weighted by Crippen LogP contribution is 2.29. The van der Waals surface area contributed by atoms with E-state index in [1.54, 1.807) is 27.4 Å². The summed E-state index contributed by atoms with van der Waals surface area (Å²) in [7, 11) is 4.89. The Morgan fingerprint density at radius 1 is 0.793 bits per heavy atom. The monoisotopic (exact) mass is 400 g/mol. The molecule has 0 amide bonds. The Morgan fingerprint density at radius 3 is 1.69 bits per heavy atom. The molecule has 0 saturated carbocycles. The minimum Gasteiger partial charge on any atom is -0.497 e. The molecule has 0 bridgehead atoms. The number of rotatable bonds is 10. The van der Waals surface area contributed by atoms with E-state index in [1.807, 2.05) is 48.5 Å². The lowest BCUT2D eigenvalue weighted by molar-refractivity contribution is -0.164. The predicted molar refractivity (Wildman–Crippen MR) is 109 cm³/mol. The van der Waals surface area contributed by atoms with Crippen LogP contribution in [0.15, 0.2) is 61.2 Å². The van der Waals surface area contributed by atoms with E-state index in [4.69, 9.17) is 28.4 Å². The van der Waals surface area contributed by atoms with Crippen LogP contribution in [0.2, 0.25) is 0 Å². The summed E-state index contributed by atoms with van der Waals surface area (Å²) >= 11 is 0. The Hall–Kier alpha value is -2.38. The summed E-state index contributed by atoms with van der Waals surface area (Å²) in [5.41, 5.74) is 2.06. The SMILES string of the molecule is C=C[C@H]1O[C@@H](OC)[C@H](OCc2ccc(OC)cc2)[C@@H]1OCc1ccc(OC)cc1. The smallest absolute Gasteiger partial charge is 0.186 e. The molecule has 4 atom stereocenters. The van der Waals surface area contributed by atoms with Crippen LogP contribution in [0.5, 0.6) is 11.5 Å². The highest BCUT2D eigenvalue weighted by molar-refractivity contribution is 5.27. The minimum atomic E-state index is -0.530. The van der Waals surface area contributed by atoms with Gasteiger partial charge >= 0.3 is 0 Å². The fourth-order valence-electron chi connectivity index (χ4n) is 3.22. The molecular formula is C23H28O6. The van der Waals surface area contributed by atoms with Crippen molar-refractivity contribution in [1.82, 2.24) is 0 Å². The second-order valence-corrected chi connectivity index (χ2v) is 6.69. The maximum atomic E-state index is 6.17. The van der Waals surface area contributed by atoms with Gasteiger partial charge in [0.1, 0.15) is 29.8 Å². The zero-order chi connectivity index (χ0) is 20.6. The average Bonchev–Trinajstić information content (AvgIpc) is 3.13. The molecular weight excluding hydrogens is 372 g/mol.